The summed E-state index contributed by atoms with van der Waals surface area (Å²) in [7, 11) is 1.84. The topological polar surface area (TPSA) is 44.4 Å². The molecule has 0 saturated heterocycles. The molecule has 134 valence electrons. The third-order valence-electron chi connectivity index (χ3n) is 4.52. The van der Waals surface area contributed by atoms with Crippen LogP contribution in [0.25, 0.3) is 0 Å². The van der Waals surface area contributed by atoms with Crippen LogP contribution in [-0.4, -0.2) is 23.0 Å². The lowest BCUT2D eigenvalue weighted by atomic mass is 9.94. The Kier molecular flexibility index (Phi) is 5.30. The summed E-state index contributed by atoms with van der Waals surface area (Å²) in [5.74, 6) is -0.182. The second-order valence-electron chi connectivity index (χ2n) is 6.28. The molecule has 0 fully saturated rings. The summed E-state index contributed by atoms with van der Waals surface area (Å²) in [6.45, 7) is 3.90. The Bertz CT molecular complexity index is 892. The number of anilines is 1. The summed E-state index contributed by atoms with van der Waals surface area (Å²) in [6, 6.07) is 14.8. The van der Waals surface area contributed by atoms with Crippen LogP contribution in [0.5, 0.6) is 0 Å². The predicted octanol–water partition coefficient (Wildman–Crippen LogP) is 4.42. The summed E-state index contributed by atoms with van der Waals surface area (Å²) >= 11 is 11.8. The number of benzene rings is 2. The first-order valence-electron chi connectivity index (χ1n) is 8.26. The van der Waals surface area contributed by atoms with E-state index >= 15 is 0 Å². The smallest absolute Gasteiger partial charge is 0.255 e. The zero-order valence-corrected chi connectivity index (χ0v) is 16.4. The van der Waals surface area contributed by atoms with Gasteiger partial charge in [-0.1, -0.05) is 47.5 Å². The number of nitrogens with zero attached hydrogens (tertiary/aromatic N) is 1. The van der Waals surface area contributed by atoms with Crippen LogP contribution in [0.3, 0.4) is 0 Å². The van der Waals surface area contributed by atoms with E-state index in [4.69, 9.17) is 23.8 Å². The highest BCUT2D eigenvalue weighted by molar-refractivity contribution is 7.80. The molecule has 0 spiro atoms. The van der Waals surface area contributed by atoms with Gasteiger partial charge in [-0.2, -0.15) is 0 Å². The molecule has 0 saturated carbocycles. The van der Waals surface area contributed by atoms with E-state index in [0.29, 0.717) is 15.7 Å². The molecule has 2 aromatic carbocycles. The van der Waals surface area contributed by atoms with Gasteiger partial charge in [0.05, 0.1) is 11.6 Å². The highest BCUT2D eigenvalue weighted by atomic mass is 35.5. The van der Waals surface area contributed by atoms with Crippen molar-refractivity contribution in [1.29, 1.82) is 0 Å². The molecular weight excluding hydrogens is 366 g/mol. The summed E-state index contributed by atoms with van der Waals surface area (Å²) in [6.07, 6.45) is 0. The second kappa shape index (κ2) is 7.48. The first kappa shape index (κ1) is 18.4. The van der Waals surface area contributed by atoms with Crippen molar-refractivity contribution in [3.63, 3.8) is 0 Å². The number of allylic oxidation sites excluding steroid dienone is 1. The fourth-order valence-corrected chi connectivity index (χ4v) is 3.41. The Morgan fingerprint density at radius 3 is 2.46 bits per heavy atom. The van der Waals surface area contributed by atoms with Gasteiger partial charge in [0.1, 0.15) is 0 Å². The van der Waals surface area contributed by atoms with Crippen LogP contribution in [0.15, 0.2) is 59.8 Å². The fourth-order valence-electron chi connectivity index (χ4n) is 2.91. The zero-order valence-electron chi connectivity index (χ0n) is 14.8. The van der Waals surface area contributed by atoms with Crippen molar-refractivity contribution >= 4 is 40.5 Å². The maximum atomic E-state index is 13.1. The lowest BCUT2D eigenvalue weighted by molar-refractivity contribution is -0.113. The van der Waals surface area contributed by atoms with Gasteiger partial charge in [0.2, 0.25) is 0 Å². The molecule has 0 radical (unpaired) electrons. The number of aryl methyl sites for hydroxylation is 1. The number of halogens is 1. The van der Waals surface area contributed by atoms with E-state index in [1.54, 1.807) is 4.90 Å². The van der Waals surface area contributed by atoms with Crippen LogP contribution in [-0.2, 0) is 4.79 Å². The van der Waals surface area contributed by atoms with Gasteiger partial charge in [-0.05, 0) is 49.8 Å². The van der Waals surface area contributed by atoms with Crippen molar-refractivity contribution < 1.29 is 4.79 Å². The maximum Gasteiger partial charge on any atom is 0.255 e. The minimum absolute atomic E-state index is 0.182. The number of rotatable bonds is 3. The van der Waals surface area contributed by atoms with E-state index in [1.807, 2.05) is 69.4 Å². The first-order chi connectivity index (χ1) is 12.4. The molecule has 0 bridgehead atoms. The predicted molar refractivity (Wildman–Crippen MR) is 110 cm³/mol. The molecule has 0 aromatic heterocycles. The maximum absolute atomic E-state index is 13.1. The van der Waals surface area contributed by atoms with E-state index in [9.17, 15) is 4.79 Å². The summed E-state index contributed by atoms with van der Waals surface area (Å²) in [5.41, 5.74) is 4.09. The molecule has 2 N–H and O–H groups in total. The molecule has 1 unspecified atom stereocenters. The summed E-state index contributed by atoms with van der Waals surface area (Å²) in [4.78, 5) is 14.9. The largest absolute Gasteiger partial charge is 0.351 e. The molecule has 26 heavy (non-hydrogen) atoms. The van der Waals surface area contributed by atoms with Gasteiger partial charge in [-0.3, -0.25) is 4.79 Å². The third kappa shape index (κ3) is 3.59. The van der Waals surface area contributed by atoms with E-state index in [-0.39, 0.29) is 5.91 Å². The van der Waals surface area contributed by atoms with Crippen LogP contribution in [0.4, 0.5) is 5.69 Å². The average Bonchev–Trinajstić information content (AvgIpc) is 2.61. The number of amides is 1. The van der Waals surface area contributed by atoms with E-state index < -0.39 is 6.04 Å². The van der Waals surface area contributed by atoms with Gasteiger partial charge in [-0.15, -0.1) is 0 Å². The van der Waals surface area contributed by atoms with E-state index in [0.717, 1.165) is 22.5 Å². The summed E-state index contributed by atoms with van der Waals surface area (Å²) in [5, 5.41) is 7.35. The van der Waals surface area contributed by atoms with Crippen molar-refractivity contribution in [2.45, 2.75) is 19.9 Å². The minimum atomic E-state index is -0.405. The Labute approximate surface area is 163 Å². The van der Waals surface area contributed by atoms with Gasteiger partial charge in [0.25, 0.3) is 5.91 Å². The number of nitrogens with one attached hydrogen (secondary N) is 2. The number of carbonyl (C=O) groups is 1. The Balaban J connectivity index is 2.01. The van der Waals surface area contributed by atoms with Crippen molar-refractivity contribution in [2.75, 3.05) is 12.4 Å². The second-order valence-corrected chi connectivity index (χ2v) is 7.08. The van der Waals surface area contributed by atoms with Crippen LogP contribution >= 0.6 is 23.8 Å². The lowest BCUT2D eigenvalue weighted by Gasteiger charge is -2.36. The molecule has 3 rings (SSSR count). The average molecular weight is 386 g/mol. The van der Waals surface area contributed by atoms with Gasteiger partial charge >= 0.3 is 0 Å². The van der Waals surface area contributed by atoms with Crippen molar-refractivity contribution in [3.8, 4) is 0 Å². The monoisotopic (exact) mass is 385 g/mol. The third-order valence-corrected chi connectivity index (χ3v) is 5.26. The van der Waals surface area contributed by atoms with Crippen molar-refractivity contribution in [1.82, 2.24) is 10.2 Å². The van der Waals surface area contributed by atoms with Gasteiger partial charge in [0.15, 0.2) is 5.11 Å². The molecule has 0 aliphatic carbocycles. The normalized spacial score (nSPS) is 17.2. The van der Waals surface area contributed by atoms with Crippen LogP contribution in [0, 0.1) is 6.92 Å². The fraction of sp³-hybridized carbons (Fsp3) is 0.200. The standard InChI is InChI=1S/C20H20ClN3OS/c1-12-8-10-14(11-9-12)22-19(25)17-13(2)24(3)20(26)23-18(17)15-6-4-5-7-16(15)21/h4-11,18H,1-3H3,(H,22,25)(H,23,26). The lowest BCUT2D eigenvalue weighted by Crippen LogP contribution is -2.46. The molecule has 1 heterocycles. The van der Waals surface area contributed by atoms with Gasteiger partial charge in [0, 0.05) is 23.5 Å². The number of carbonyl (C=O) groups excluding carboxylic acids is 1. The Hall–Kier alpha value is -2.37. The van der Waals surface area contributed by atoms with Gasteiger partial charge in [-0.25, -0.2) is 0 Å². The zero-order chi connectivity index (χ0) is 18.8. The van der Waals surface area contributed by atoms with E-state index in [2.05, 4.69) is 10.6 Å². The first-order valence-corrected chi connectivity index (χ1v) is 9.04. The minimum Gasteiger partial charge on any atom is -0.351 e. The molecular formula is C20H20ClN3OS. The quantitative estimate of drug-likeness (QED) is 0.767. The van der Waals surface area contributed by atoms with Crippen LogP contribution in [0.2, 0.25) is 5.02 Å². The molecule has 1 amide bonds. The van der Waals surface area contributed by atoms with Crippen LogP contribution < -0.4 is 10.6 Å². The van der Waals surface area contributed by atoms with Crippen molar-refractivity contribution in [3.05, 3.63) is 76.0 Å². The molecule has 4 nitrogen and oxygen atoms in total. The van der Waals surface area contributed by atoms with Crippen LogP contribution in [0.1, 0.15) is 24.1 Å². The molecule has 6 heteroatoms. The molecule has 2 aromatic rings. The number of hydrogen-bond acceptors (Lipinski definition) is 2. The highest BCUT2D eigenvalue weighted by Gasteiger charge is 2.33. The number of thiocarbonyl (C=S) groups is 1. The van der Waals surface area contributed by atoms with E-state index in [1.165, 1.54) is 0 Å². The molecule has 1 aliphatic rings. The SMILES string of the molecule is CC1=C(C(=O)Nc2ccc(C)cc2)C(c2ccccc2Cl)NC(=S)N1C. The highest BCUT2D eigenvalue weighted by Crippen LogP contribution is 2.34. The Morgan fingerprint density at radius 2 is 1.81 bits per heavy atom. The number of hydrogen-bond donors (Lipinski definition) is 2. The molecule has 1 atom stereocenters. The Morgan fingerprint density at radius 1 is 1.15 bits per heavy atom. The van der Waals surface area contributed by atoms with Crippen molar-refractivity contribution in [2.24, 2.45) is 0 Å². The molecule has 1 aliphatic heterocycles. The van der Waals surface area contributed by atoms with Gasteiger partial charge < -0.3 is 15.5 Å². The summed E-state index contributed by atoms with van der Waals surface area (Å²) < 4.78 is 0.